The van der Waals surface area contributed by atoms with Crippen LogP contribution in [0, 0.1) is 0 Å². The topological polar surface area (TPSA) is 54.9 Å². The first-order valence-electron chi connectivity index (χ1n) is 6.97. The maximum Gasteiger partial charge on any atom is 0.446 e. The predicted molar refractivity (Wildman–Crippen MR) is 91.7 cm³/mol. The first kappa shape index (κ1) is 17.4. The number of carbonyl (C=O) groups excluding carboxylic acids is 1. The highest BCUT2D eigenvalue weighted by molar-refractivity contribution is 8.00. The number of carbonyl (C=O) groups is 1. The van der Waals surface area contributed by atoms with E-state index in [1.807, 2.05) is 30.3 Å². The van der Waals surface area contributed by atoms with Gasteiger partial charge < -0.3 is 0 Å². The van der Waals surface area contributed by atoms with Crippen LogP contribution in [-0.2, 0) is 0 Å². The molecule has 3 aromatic rings. The van der Waals surface area contributed by atoms with Crippen LogP contribution < -0.4 is 5.32 Å². The zero-order valence-electron chi connectivity index (χ0n) is 12.4. The third-order valence-corrected chi connectivity index (χ3v) is 4.64. The van der Waals surface area contributed by atoms with Crippen molar-refractivity contribution in [2.24, 2.45) is 0 Å². The highest BCUT2D eigenvalue weighted by atomic mass is 32.2. The number of nitrogens with one attached hydrogen (secondary N) is 1. The van der Waals surface area contributed by atoms with Gasteiger partial charge >= 0.3 is 5.51 Å². The minimum Gasteiger partial charge on any atom is -0.296 e. The number of benzene rings is 2. The molecule has 1 aromatic heterocycles. The molecule has 0 radical (unpaired) electrons. The SMILES string of the molecule is O=C(Nc1nnc(-c2ccccc2)s1)c1ccc(SC(F)(F)F)cc1. The second kappa shape index (κ2) is 7.24. The lowest BCUT2D eigenvalue weighted by atomic mass is 10.2. The van der Waals surface area contributed by atoms with Gasteiger partial charge in [0.1, 0.15) is 5.01 Å². The molecule has 0 saturated carbocycles. The Morgan fingerprint density at radius 3 is 2.32 bits per heavy atom. The molecule has 1 heterocycles. The predicted octanol–water partition coefficient (Wildman–Crippen LogP) is 5.07. The van der Waals surface area contributed by atoms with Crippen LogP contribution in [0.25, 0.3) is 10.6 Å². The first-order valence-corrected chi connectivity index (χ1v) is 8.60. The Morgan fingerprint density at radius 1 is 1.00 bits per heavy atom. The van der Waals surface area contributed by atoms with E-state index in [9.17, 15) is 18.0 Å². The van der Waals surface area contributed by atoms with Crippen LogP contribution in [0.3, 0.4) is 0 Å². The van der Waals surface area contributed by atoms with Crippen LogP contribution in [0.5, 0.6) is 0 Å². The average Bonchev–Trinajstić information content (AvgIpc) is 3.03. The standard InChI is InChI=1S/C16H10F3N3OS2/c17-16(18,19)25-12-8-6-10(7-9-12)13(23)20-15-22-21-14(24-15)11-4-2-1-3-5-11/h1-9H,(H,20,22,23). The van der Waals surface area contributed by atoms with E-state index in [-0.39, 0.29) is 22.2 Å². The van der Waals surface area contributed by atoms with Gasteiger partial charge in [0.05, 0.1) is 0 Å². The van der Waals surface area contributed by atoms with E-state index in [1.54, 1.807) is 0 Å². The zero-order chi connectivity index (χ0) is 17.9. The van der Waals surface area contributed by atoms with Gasteiger partial charge in [0.15, 0.2) is 0 Å². The zero-order valence-corrected chi connectivity index (χ0v) is 14.1. The molecule has 25 heavy (non-hydrogen) atoms. The van der Waals surface area contributed by atoms with Gasteiger partial charge in [0, 0.05) is 16.0 Å². The van der Waals surface area contributed by atoms with E-state index in [0.717, 1.165) is 5.56 Å². The molecular weight excluding hydrogens is 371 g/mol. The number of thioether (sulfide) groups is 1. The number of amides is 1. The molecule has 0 aliphatic carbocycles. The minimum atomic E-state index is -4.36. The molecule has 4 nitrogen and oxygen atoms in total. The molecule has 2 aromatic carbocycles. The van der Waals surface area contributed by atoms with Crippen molar-refractivity contribution >= 4 is 34.1 Å². The smallest absolute Gasteiger partial charge is 0.296 e. The van der Waals surface area contributed by atoms with Crippen LogP contribution in [-0.4, -0.2) is 21.6 Å². The van der Waals surface area contributed by atoms with Crippen LogP contribution in [0.2, 0.25) is 0 Å². The van der Waals surface area contributed by atoms with Gasteiger partial charge in [-0.15, -0.1) is 10.2 Å². The number of aromatic nitrogens is 2. The lowest BCUT2D eigenvalue weighted by Gasteiger charge is -2.06. The van der Waals surface area contributed by atoms with Crippen molar-refractivity contribution in [2.75, 3.05) is 5.32 Å². The number of nitrogens with zero attached hydrogens (tertiary/aromatic N) is 2. The van der Waals surface area contributed by atoms with E-state index < -0.39 is 11.4 Å². The van der Waals surface area contributed by atoms with Crippen molar-refractivity contribution in [3.05, 3.63) is 60.2 Å². The fourth-order valence-corrected chi connectivity index (χ4v) is 3.23. The summed E-state index contributed by atoms with van der Waals surface area (Å²) in [5.41, 5.74) is -3.23. The Hall–Kier alpha value is -2.39. The van der Waals surface area contributed by atoms with Gasteiger partial charge in [-0.25, -0.2) is 0 Å². The Labute approximate surface area is 149 Å². The summed E-state index contributed by atoms with van der Waals surface area (Å²) in [5, 5.41) is 11.5. The molecule has 0 spiro atoms. The summed E-state index contributed by atoms with van der Waals surface area (Å²) in [7, 11) is 0. The molecule has 0 saturated heterocycles. The molecule has 0 fully saturated rings. The lowest BCUT2D eigenvalue weighted by Crippen LogP contribution is -2.11. The van der Waals surface area contributed by atoms with Crippen LogP contribution in [0.15, 0.2) is 59.5 Å². The number of anilines is 1. The molecule has 0 aliphatic heterocycles. The van der Waals surface area contributed by atoms with Gasteiger partial charge in [-0.1, -0.05) is 41.7 Å². The lowest BCUT2D eigenvalue weighted by molar-refractivity contribution is -0.0328. The Balaban J connectivity index is 1.67. The summed E-state index contributed by atoms with van der Waals surface area (Å²) in [6.45, 7) is 0. The molecule has 1 amide bonds. The van der Waals surface area contributed by atoms with Gasteiger partial charge in [-0.2, -0.15) is 13.2 Å². The van der Waals surface area contributed by atoms with E-state index in [2.05, 4.69) is 15.5 Å². The van der Waals surface area contributed by atoms with Crippen LogP contribution in [0.4, 0.5) is 18.3 Å². The number of alkyl halides is 3. The second-order valence-electron chi connectivity index (χ2n) is 4.80. The van der Waals surface area contributed by atoms with Crippen molar-refractivity contribution in [1.29, 1.82) is 0 Å². The van der Waals surface area contributed by atoms with E-state index in [4.69, 9.17) is 0 Å². The van der Waals surface area contributed by atoms with Gasteiger partial charge in [-0.3, -0.25) is 10.1 Å². The summed E-state index contributed by atoms with van der Waals surface area (Å²) < 4.78 is 36.9. The van der Waals surface area contributed by atoms with Gasteiger partial charge in [0.2, 0.25) is 5.13 Å². The quantitative estimate of drug-likeness (QED) is 0.641. The van der Waals surface area contributed by atoms with Gasteiger partial charge in [-0.05, 0) is 36.0 Å². The molecule has 0 aliphatic rings. The molecule has 0 bridgehead atoms. The van der Waals surface area contributed by atoms with E-state index in [1.165, 1.54) is 35.6 Å². The number of hydrogen-bond donors (Lipinski definition) is 1. The molecular formula is C16H10F3N3OS2. The average molecular weight is 381 g/mol. The van der Waals surface area contributed by atoms with E-state index >= 15 is 0 Å². The summed E-state index contributed by atoms with van der Waals surface area (Å²) >= 11 is 0.987. The molecule has 128 valence electrons. The maximum absolute atomic E-state index is 12.3. The van der Waals surface area contributed by atoms with Crippen molar-refractivity contribution in [2.45, 2.75) is 10.4 Å². The van der Waals surface area contributed by atoms with Crippen LogP contribution in [0.1, 0.15) is 10.4 Å². The first-order chi connectivity index (χ1) is 11.9. The molecule has 1 N–H and O–H groups in total. The summed E-state index contributed by atoms with van der Waals surface area (Å²) in [6.07, 6.45) is 0. The van der Waals surface area contributed by atoms with Crippen molar-refractivity contribution in [3.8, 4) is 10.6 Å². The van der Waals surface area contributed by atoms with Crippen molar-refractivity contribution in [3.63, 3.8) is 0 Å². The number of halogens is 3. The molecule has 0 atom stereocenters. The van der Waals surface area contributed by atoms with Crippen molar-refractivity contribution < 1.29 is 18.0 Å². The number of hydrogen-bond acceptors (Lipinski definition) is 5. The summed E-state index contributed by atoms with van der Waals surface area (Å²) in [4.78, 5) is 12.2. The summed E-state index contributed by atoms with van der Waals surface area (Å²) in [5.74, 6) is -0.459. The summed E-state index contributed by atoms with van der Waals surface area (Å²) in [6, 6.07) is 14.6. The molecule has 3 rings (SSSR count). The maximum atomic E-state index is 12.3. The molecule has 9 heteroatoms. The van der Waals surface area contributed by atoms with Crippen LogP contribution >= 0.6 is 23.1 Å². The Morgan fingerprint density at radius 2 is 1.68 bits per heavy atom. The molecule has 0 unspecified atom stereocenters. The number of rotatable bonds is 4. The highest BCUT2D eigenvalue weighted by Gasteiger charge is 2.29. The monoisotopic (exact) mass is 381 g/mol. The minimum absolute atomic E-state index is 0.0197. The Kier molecular flexibility index (Phi) is 5.05. The fraction of sp³-hybridized carbons (Fsp3) is 0.0625. The second-order valence-corrected chi connectivity index (χ2v) is 6.92. The fourth-order valence-electron chi connectivity index (χ4n) is 1.95. The third-order valence-electron chi connectivity index (χ3n) is 3.02. The van der Waals surface area contributed by atoms with Crippen molar-refractivity contribution in [1.82, 2.24) is 10.2 Å². The third kappa shape index (κ3) is 4.80. The van der Waals surface area contributed by atoms with E-state index in [0.29, 0.717) is 10.1 Å². The van der Waals surface area contributed by atoms with Gasteiger partial charge in [0.25, 0.3) is 5.91 Å². The highest BCUT2D eigenvalue weighted by Crippen LogP contribution is 2.36. The largest absolute Gasteiger partial charge is 0.446 e. The normalized spacial score (nSPS) is 11.3. The Bertz CT molecular complexity index is 864.